The van der Waals surface area contributed by atoms with E-state index in [-0.39, 0.29) is 25.4 Å². The third-order valence-corrected chi connectivity index (χ3v) is 11.2. The third-order valence-electron chi connectivity index (χ3n) is 11.2. The number of aliphatic hydroxyl groups is 5. The van der Waals surface area contributed by atoms with E-state index in [0.29, 0.717) is 6.42 Å². The summed E-state index contributed by atoms with van der Waals surface area (Å²) in [6, 6.07) is -0.676. The lowest BCUT2D eigenvalue weighted by Crippen LogP contribution is -2.61. The number of ketones is 1. The fourth-order valence-electron chi connectivity index (χ4n) is 7.96. The van der Waals surface area contributed by atoms with Crippen molar-refractivity contribution in [1.82, 2.24) is 0 Å². The van der Waals surface area contributed by atoms with Crippen molar-refractivity contribution in [3.05, 3.63) is 0 Å². The lowest BCUT2D eigenvalue weighted by molar-refractivity contribution is -0.315. The summed E-state index contributed by atoms with van der Waals surface area (Å²) in [7, 11) is 1.47. The van der Waals surface area contributed by atoms with Crippen molar-refractivity contribution in [1.29, 1.82) is 0 Å². The molecule has 3 fully saturated rings. The summed E-state index contributed by atoms with van der Waals surface area (Å²) < 4.78 is 36.6. The van der Waals surface area contributed by atoms with Crippen LogP contribution in [0.1, 0.15) is 94.9 Å². The Morgan fingerprint density at radius 3 is 2.08 bits per heavy atom. The lowest BCUT2D eigenvalue weighted by atomic mass is 9.74. The molecule has 7 N–H and O–H groups in total. The number of methoxy groups -OCH3 is 1. The van der Waals surface area contributed by atoms with E-state index >= 15 is 0 Å². The van der Waals surface area contributed by atoms with Gasteiger partial charge in [-0.05, 0) is 60.8 Å². The van der Waals surface area contributed by atoms with Gasteiger partial charge in [-0.2, -0.15) is 0 Å². The molecule has 0 bridgehead atoms. The molecule has 49 heavy (non-hydrogen) atoms. The maximum atomic E-state index is 14.0. The first-order chi connectivity index (χ1) is 22.5. The van der Waals surface area contributed by atoms with Crippen LogP contribution in [0.4, 0.5) is 0 Å². The van der Waals surface area contributed by atoms with Crippen LogP contribution >= 0.6 is 0 Å². The van der Waals surface area contributed by atoms with Gasteiger partial charge in [0.25, 0.3) is 0 Å². The van der Waals surface area contributed by atoms with E-state index in [4.69, 9.17) is 34.2 Å². The molecule has 3 aliphatic rings. The van der Waals surface area contributed by atoms with Gasteiger partial charge in [0.05, 0.1) is 47.6 Å². The molecule has 3 saturated heterocycles. The van der Waals surface area contributed by atoms with Gasteiger partial charge >= 0.3 is 5.97 Å². The van der Waals surface area contributed by atoms with Gasteiger partial charge in [-0.1, -0.05) is 27.7 Å². The molecule has 14 heteroatoms. The van der Waals surface area contributed by atoms with E-state index in [2.05, 4.69) is 0 Å². The molecule has 3 aliphatic heterocycles. The molecular weight excluding hydrogens is 642 g/mol. The summed E-state index contributed by atoms with van der Waals surface area (Å²) in [6.45, 7) is 16.1. The van der Waals surface area contributed by atoms with Crippen LogP contribution in [0.3, 0.4) is 0 Å². The zero-order valence-electron chi connectivity index (χ0n) is 31.1. The molecule has 0 spiro atoms. The second kappa shape index (κ2) is 16.2. The molecule has 3 unspecified atom stereocenters. The summed E-state index contributed by atoms with van der Waals surface area (Å²) in [6.07, 6.45) is -10.3. The highest BCUT2D eigenvalue weighted by molar-refractivity contribution is 5.83. The molecule has 18 atom stereocenters. The van der Waals surface area contributed by atoms with Gasteiger partial charge in [-0.15, -0.1) is 0 Å². The van der Waals surface area contributed by atoms with Crippen molar-refractivity contribution in [2.24, 2.45) is 29.4 Å². The maximum Gasteiger partial charge on any atom is 0.311 e. The Morgan fingerprint density at radius 2 is 1.51 bits per heavy atom. The zero-order chi connectivity index (χ0) is 37.4. The molecule has 0 aromatic rings. The van der Waals surface area contributed by atoms with Crippen molar-refractivity contribution < 1.29 is 63.5 Å². The molecule has 286 valence electrons. The van der Waals surface area contributed by atoms with E-state index in [1.807, 2.05) is 0 Å². The number of ether oxygens (including phenoxy) is 6. The van der Waals surface area contributed by atoms with Crippen LogP contribution in [-0.2, 0) is 38.0 Å². The topological polar surface area (TPSA) is 217 Å². The normalized spacial score (nSPS) is 51.2. The second-order valence-electron chi connectivity index (χ2n) is 15.6. The number of carbonyl (C=O) groups excluding carboxylic acids is 2. The number of hydrogen-bond donors (Lipinski definition) is 6. The van der Waals surface area contributed by atoms with Gasteiger partial charge in [0.2, 0.25) is 0 Å². The molecule has 0 amide bonds. The molecule has 14 nitrogen and oxygen atoms in total. The van der Waals surface area contributed by atoms with Crippen molar-refractivity contribution in [2.75, 3.05) is 7.11 Å². The van der Waals surface area contributed by atoms with E-state index in [1.54, 1.807) is 48.5 Å². The summed E-state index contributed by atoms with van der Waals surface area (Å²) >= 11 is 0. The number of carbonyl (C=O) groups is 2. The summed E-state index contributed by atoms with van der Waals surface area (Å²) in [5, 5.41) is 56.9. The number of rotatable bonds is 6. The van der Waals surface area contributed by atoms with Crippen LogP contribution in [-0.4, -0.2) is 129 Å². The summed E-state index contributed by atoms with van der Waals surface area (Å²) in [5.74, 6) is -5.06. The first-order valence-electron chi connectivity index (χ1n) is 17.7. The SMILES string of the molecule is CC[C@H]1OC(=O)[C@H](C)[C@@H](O[C@H]2C[C@](C)(OC)[C@@H](O)C(C)O2)[C@H](C)[C@@H](O[C@@H]2OC(C)C[C@@H](N)C2O)[C@](C)(O)C[C@@H](C)C(=O)[C@H](C)[C@@H](O)[C@]1(C)O. The Labute approximate surface area is 290 Å². The summed E-state index contributed by atoms with van der Waals surface area (Å²) in [5.41, 5.74) is 1.35. The number of esters is 1. The van der Waals surface area contributed by atoms with Gasteiger partial charge in [-0.3, -0.25) is 9.59 Å². The molecular formula is C35H63NO13. The van der Waals surface area contributed by atoms with Gasteiger partial charge in [0.15, 0.2) is 12.6 Å². The number of Topliss-reactive ketones (excluding diaryl/α,β-unsaturated/α-hetero) is 1. The molecule has 0 radical (unpaired) electrons. The zero-order valence-corrected chi connectivity index (χ0v) is 31.1. The smallest absolute Gasteiger partial charge is 0.311 e. The Hall–Kier alpha value is -1.30. The van der Waals surface area contributed by atoms with Crippen molar-refractivity contribution in [2.45, 2.75) is 179 Å². The van der Waals surface area contributed by atoms with Gasteiger partial charge in [-0.25, -0.2) is 0 Å². The fourth-order valence-corrected chi connectivity index (χ4v) is 7.96. The standard InChI is InChI=1S/C35H63NO13/c1-12-23-35(10,43)28(39)18(4)25(37)16(2)14-33(8,42)30(49-32-26(38)22(36)13-17(3)45-32)19(5)27(20(6)31(41)47-23)48-24-15-34(9,44-11)29(40)21(7)46-24/h16-24,26-30,32,38-40,42-43H,12-15,36H2,1-11H3/t16-,17?,18+,19+,20-,21?,22-,23-,24+,26?,27+,28-,29+,30-,32+,33-,34+,35-/m1/s1. The molecule has 0 aliphatic carbocycles. The molecule has 0 aromatic heterocycles. The van der Waals surface area contributed by atoms with E-state index in [0.717, 1.165) is 0 Å². The summed E-state index contributed by atoms with van der Waals surface area (Å²) in [4.78, 5) is 27.7. The van der Waals surface area contributed by atoms with Gasteiger partial charge in [0, 0.05) is 37.3 Å². The Morgan fingerprint density at radius 1 is 0.898 bits per heavy atom. The first kappa shape index (κ1) is 42.1. The van der Waals surface area contributed by atoms with E-state index in [9.17, 15) is 35.1 Å². The van der Waals surface area contributed by atoms with Crippen molar-refractivity contribution in [3.63, 3.8) is 0 Å². The highest BCUT2D eigenvalue weighted by Crippen LogP contribution is 2.40. The average Bonchev–Trinajstić information content (AvgIpc) is 3.02. The van der Waals surface area contributed by atoms with E-state index < -0.39 is 114 Å². The van der Waals surface area contributed by atoms with Gasteiger partial charge in [0.1, 0.15) is 29.7 Å². The number of aliphatic hydroxyl groups excluding tert-OH is 3. The van der Waals surface area contributed by atoms with Crippen LogP contribution in [0, 0.1) is 23.7 Å². The molecule has 0 saturated carbocycles. The predicted molar refractivity (Wildman–Crippen MR) is 177 cm³/mol. The Balaban J connectivity index is 2.17. The minimum Gasteiger partial charge on any atom is -0.459 e. The third kappa shape index (κ3) is 9.02. The van der Waals surface area contributed by atoms with Crippen molar-refractivity contribution >= 4 is 11.8 Å². The highest BCUT2D eigenvalue weighted by Gasteiger charge is 2.53. The number of hydrogen-bond acceptors (Lipinski definition) is 14. The second-order valence-corrected chi connectivity index (χ2v) is 15.6. The van der Waals surface area contributed by atoms with E-state index in [1.165, 1.54) is 27.9 Å². The average molecular weight is 706 g/mol. The molecule has 3 rings (SSSR count). The highest BCUT2D eigenvalue weighted by atomic mass is 16.7. The van der Waals surface area contributed by atoms with Crippen LogP contribution < -0.4 is 5.73 Å². The quantitative estimate of drug-likeness (QED) is 0.214. The van der Waals surface area contributed by atoms with Crippen LogP contribution in [0.5, 0.6) is 0 Å². The van der Waals surface area contributed by atoms with Gasteiger partial charge < -0.3 is 59.7 Å². The molecule has 3 heterocycles. The van der Waals surface area contributed by atoms with Crippen molar-refractivity contribution in [3.8, 4) is 0 Å². The van der Waals surface area contributed by atoms with Crippen LogP contribution in [0.2, 0.25) is 0 Å². The molecule has 0 aromatic carbocycles. The fraction of sp³-hybridized carbons (Fsp3) is 0.943. The Kier molecular flexibility index (Phi) is 13.9. The number of nitrogens with two attached hydrogens (primary N) is 1. The monoisotopic (exact) mass is 705 g/mol. The lowest BCUT2D eigenvalue weighted by Gasteiger charge is -2.48. The maximum absolute atomic E-state index is 14.0. The predicted octanol–water partition coefficient (Wildman–Crippen LogP) is 1.18. The first-order valence-corrected chi connectivity index (χ1v) is 17.7. The van der Waals surface area contributed by atoms with Crippen LogP contribution in [0.25, 0.3) is 0 Å². The minimum absolute atomic E-state index is 0.0840. The number of cyclic esters (lactones) is 1. The van der Waals surface area contributed by atoms with Crippen LogP contribution in [0.15, 0.2) is 0 Å². The largest absolute Gasteiger partial charge is 0.459 e. The minimum atomic E-state index is -2.00. The Bertz CT molecular complexity index is 1120.